The minimum Gasteiger partial charge on any atom is -0.403 e. The molecule has 0 aromatic rings. The predicted molar refractivity (Wildman–Crippen MR) is 62.0 cm³/mol. The van der Waals surface area contributed by atoms with Gasteiger partial charge >= 0.3 is 7.12 Å². The topological polar surface area (TPSA) is 27.7 Å². The second kappa shape index (κ2) is 4.85. The molecule has 0 atom stereocenters. The first-order valence-corrected chi connectivity index (χ1v) is 5.73. The summed E-state index contributed by atoms with van der Waals surface area (Å²) in [5, 5.41) is 0. The lowest BCUT2D eigenvalue weighted by Crippen LogP contribution is -2.41. The minimum absolute atomic E-state index is 0.0492. The quantitative estimate of drug-likeness (QED) is 0.519. The highest BCUT2D eigenvalue weighted by Crippen LogP contribution is 2.37. The van der Waals surface area contributed by atoms with Gasteiger partial charge in [0.15, 0.2) is 0 Å². The Morgan fingerprint density at radius 2 is 1.53 bits per heavy atom. The van der Waals surface area contributed by atoms with E-state index in [9.17, 15) is 0 Å². The van der Waals surface area contributed by atoms with E-state index < -0.39 is 0 Å². The van der Waals surface area contributed by atoms with Crippen molar-refractivity contribution in [2.45, 2.75) is 58.1 Å². The number of hydrogen-bond donors (Lipinski definition) is 0. The van der Waals surface area contributed by atoms with Gasteiger partial charge in [0.2, 0.25) is 0 Å². The Balaban J connectivity index is 2.30. The van der Waals surface area contributed by atoms with Gasteiger partial charge in [-0.2, -0.15) is 0 Å². The standard InChI is InChI=1S/C11H23BO3/c1-10(2)11(3,4)15-12(14-10)8-6-7-9-13-5/h6-9H2,1-5H3. The maximum absolute atomic E-state index is 5.88. The van der Waals surface area contributed by atoms with E-state index in [1.807, 2.05) is 0 Å². The fourth-order valence-corrected chi connectivity index (χ4v) is 1.64. The smallest absolute Gasteiger partial charge is 0.403 e. The molecule has 88 valence electrons. The molecule has 0 aromatic carbocycles. The summed E-state index contributed by atoms with van der Waals surface area (Å²) in [5.41, 5.74) is -0.391. The van der Waals surface area contributed by atoms with Gasteiger partial charge in [-0.15, -0.1) is 0 Å². The molecule has 1 aliphatic rings. The van der Waals surface area contributed by atoms with Crippen LogP contribution in [-0.4, -0.2) is 32.0 Å². The molecule has 0 spiro atoms. The van der Waals surface area contributed by atoms with Crippen molar-refractivity contribution in [1.29, 1.82) is 0 Å². The van der Waals surface area contributed by atoms with Gasteiger partial charge in [-0.1, -0.05) is 6.42 Å². The van der Waals surface area contributed by atoms with Crippen LogP contribution >= 0.6 is 0 Å². The van der Waals surface area contributed by atoms with E-state index in [4.69, 9.17) is 14.0 Å². The Labute approximate surface area is 93.6 Å². The van der Waals surface area contributed by atoms with Crippen molar-refractivity contribution in [3.05, 3.63) is 0 Å². The van der Waals surface area contributed by atoms with Gasteiger partial charge in [0, 0.05) is 13.7 Å². The van der Waals surface area contributed by atoms with Crippen LogP contribution < -0.4 is 0 Å². The van der Waals surface area contributed by atoms with Crippen molar-refractivity contribution in [1.82, 2.24) is 0 Å². The SMILES string of the molecule is COCCCCB1OC(C)(C)C(C)(C)O1. The summed E-state index contributed by atoms with van der Waals surface area (Å²) in [6.07, 6.45) is 3.11. The third-order valence-electron chi connectivity index (χ3n) is 3.34. The van der Waals surface area contributed by atoms with Crippen molar-refractivity contribution < 1.29 is 14.0 Å². The van der Waals surface area contributed by atoms with Crippen LogP contribution in [0.3, 0.4) is 0 Å². The van der Waals surface area contributed by atoms with Crippen molar-refractivity contribution in [2.75, 3.05) is 13.7 Å². The van der Waals surface area contributed by atoms with Crippen molar-refractivity contribution in [2.24, 2.45) is 0 Å². The average molecular weight is 214 g/mol. The number of unbranched alkanes of at least 4 members (excludes halogenated alkanes) is 1. The zero-order valence-electron chi connectivity index (χ0n) is 10.6. The van der Waals surface area contributed by atoms with Crippen molar-refractivity contribution in [3.63, 3.8) is 0 Å². The molecular weight excluding hydrogens is 191 g/mol. The van der Waals surface area contributed by atoms with Gasteiger partial charge in [0.05, 0.1) is 11.2 Å². The van der Waals surface area contributed by atoms with Gasteiger partial charge in [0.1, 0.15) is 0 Å². The monoisotopic (exact) mass is 214 g/mol. The average Bonchev–Trinajstić information content (AvgIpc) is 2.30. The number of rotatable bonds is 5. The number of hydrogen-bond acceptors (Lipinski definition) is 3. The summed E-state index contributed by atoms with van der Waals surface area (Å²) in [5.74, 6) is 0. The molecule has 1 fully saturated rings. The lowest BCUT2D eigenvalue weighted by molar-refractivity contribution is 0.00578. The Hall–Kier alpha value is -0.0551. The molecule has 0 saturated carbocycles. The molecule has 0 N–H and O–H groups in total. The van der Waals surface area contributed by atoms with Gasteiger partial charge in [-0.05, 0) is 40.4 Å². The zero-order valence-corrected chi connectivity index (χ0v) is 10.6. The van der Waals surface area contributed by atoms with E-state index in [0.717, 1.165) is 25.8 Å². The first-order valence-electron chi connectivity index (χ1n) is 5.73. The molecule has 1 heterocycles. The lowest BCUT2D eigenvalue weighted by Gasteiger charge is -2.32. The van der Waals surface area contributed by atoms with E-state index in [1.165, 1.54) is 0 Å². The van der Waals surface area contributed by atoms with Crippen LogP contribution in [0.25, 0.3) is 0 Å². The summed E-state index contributed by atoms with van der Waals surface area (Å²) in [6, 6.07) is 0. The number of methoxy groups -OCH3 is 1. The summed E-state index contributed by atoms with van der Waals surface area (Å²) >= 11 is 0. The maximum atomic E-state index is 5.88. The van der Waals surface area contributed by atoms with Crippen LogP contribution in [0.15, 0.2) is 0 Å². The van der Waals surface area contributed by atoms with Crippen molar-refractivity contribution >= 4 is 7.12 Å². The normalized spacial score (nSPS) is 23.4. The largest absolute Gasteiger partial charge is 0.457 e. The third-order valence-corrected chi connectivity index (χ3v) is 3.34. The van der Waals surface area contributed by atoms with Crippen LogP contribution in [0.2, 0.25) is 6.32 Å². The van der Waals surface area contributed by atoms with Crippen LogP contribution in [-0.2, 0) is 14.0 Å². The Morgan fingerprint density at radius 1 is 1.00 bits per heavy atom. The fraction of sp³-hybridized carbons (Fsp3) is 1.00. The van der Waals surface area contributed by atoms with E-state index in [0.29, 0.717) is 0 Å². The molecule has 0 aromatic heterocycles. The van der Waals surface area contributed by atoms with E-state index in [-0.39, 0.29) is 18.3 Å². The highest BCUT2D eigenvalue weighted by molar-refractivity contribution is 6.45. The van der Waals surface area contributed by atoms with Crippen LogP contribution in [0.4, 0.5) is 0 Å². The Bertz CT molecular complexity index is 188. The molecule has 4 heteroatoms. The molecule has 1 saturated heterocycles. The second-order valence-corrected chi connectivity index (χ2v) is 5.17. The minimum atomic E-state index is -0.196. The first kappa shape index (κ1) is 13.0. The predicted octanol–water partition coefficient (Wildman–Crippen LogP) is 2.51. The summed E-state index contributed by atoms with van der Waals surface area (Å²) in [6.45, 7) is 9.16. The molecule has 0 amide bonds. The highest BCUT2D eigenvalue weighted by Gasteiger charge is 2.50. The van der Waals surface area contributed by atoms with Crippen LogP contribution in [0.5, 0.6) is 0 Å². The molecule has 15 heavy (non-hydrogen) atoms. The number of ether oxygens (including phenoxy) is 1. The van der Waals surface area contributed by atoms with Crippen LogP contribution in [0, 0.1) is 0 Å². The molecule has 0 unspecified atom stereocenters. The van der Waals surface area contributed by atoms with E-state index in [2.05, 4.69) is 27.7 Å². The Kier molecular flexibility index (Phi) is 4.21. The van der Waals surface area contributed by atoms with Gasteiger partial charge < -0.3 is 14.0 Å². The zero-order chi connectivity index (χ0) is 11.5. The molecule has 0 bridgehead atoms. The molecular formula is C11H23BO3. The van der Waals surface area contributed by atoms with Crippen LogP contribution in [0.1, 0.15) is 40.5 Å². The Morgan fingerprint density at radius 3 is 2.00 bits per heavy atom. The van der Waals surface area contributed by atoms with Gasteiger partial charge in [-0.25, -0.2) is 0 Å². The summed E-state index contributed by atoms with van der Waals surface area (Å²) < 4.78 is 16.8. The summed E-state index contributed by atoms with van der Waals surface area (Å²) in [7, 11) is 1.68. The molecule has 3 nitrogen and oxygen atoms in total. The van der Waals surface area contributed by atoms with Crippen molar-refractivity contribution in [3.8, 4) is 0 Å². The van der Waals surface area contributed by atoms with Gasteiger partial charge in [-0.3, -0.25) is 0 Å². The second-order valence-electron chi connectivity index (χ2n) is 5.17. The maximum Gasteiger partial charge on any atom is 0.457 e. The van der Waals surface area contributed by atoms with Gasteiger partial charge in [0.25, 0.3) is 0 Å². The molecule has 0 radical (unpaired) electrons. The third kappa shape index (κ3) is 3.20. The van der Waals surface area contributed by atoms with E-state index in [1.54, 1.807) is 7.11 Å². The lowest BCUT2D eigenvalue weighted by atomic mass is 9.82. The molecule has 1 aliphatic heterocycles. The summed E-state index contributed by atoms with van der Waals surface area (Å²) in [4.78, 5) is 0. The molecule has 1 rings (SSSR count). The molecule has 0 aliphatic carbocycles. The first-order chi connectivity index (χ1) is 6.89. The van der Waals surface area contributed by atoms with E-state index >= 15 is 0 Å². The fourth-order valence-electron chi connectivity index (χ4n) is 1.64. The highest BCUT2D eigenvalue weighted by atomic mass is 16.7.